The number of carboxylic acids is 1. The van der Waals surface area contributed by atoms with Crippen molar-refractivity contribution < 1.29 is 19.9 Å². The van der Waals surface area contributed by atoms with Gasteiger partial charge in [-0.2, -0.15) is 0 Å². The molecule has 0 aromatic heterocycles. The summed E-state index contributed by atoms with van der Waals surface area (Å²) in [7, 11) is 6.25. The fourth-order valence-corrected chi connectivity index (χ4v) is 0.241. The molecule has 0 saturated carbocycles. The van der Waals surface area contributed by atoms with E-state index in [9.17, 15) is 9.90 Å². The molecule has 0 saturated heterocycles. The van der Waals surface area contributed by atoms with E-state index in [4.69, 9.17) is 5.11 Å². The Balaban J connectivity index is -0.000000142. The lowest BCUT2D eigenvalue weighted by Gasteiger charge is -2.01. The minimum Gasteiger partial charge on any atom is -0.550 e. The molecule has 0 amide bonds. The van der Waals surface area contributed by atoms with E-state index >= 15 is 0 Å². The molecule has 2 N–H and O–H groups in total. The molecule has 5 heteroatoms. The molecule has 12 heavy (non-hydrogen) atoms. The van der Waals surface area contributed by atoms with Gasteiger partial charge in [-0.3, -0.25) is 0 Å². The van der Waals surface area contributed by atoms with Crippen molar-refractivity contribution >= 4 is 18.4 Å². The normalized spacial score (nSPS) is 10.8. The summed E-state index contributed by atoms with van der Waals surface area (Å²) in [5.41, 5.74) is 0. The van der Waals surface area contributed by atoms with E-state index in [1.54, 1.807) is 0 Å². The van der Waals surface area contributed by atoms with Gasteiger partial charge >= 0.3 is 0 Å². The number of aliphatic carboxylic acids is 1. The summed E-state index contributed by atoms with van der Waals surface area (Å²) in [6.45, 7) is 1.40. The fourth-order valence-electron chi connectivity index (χ4n) is 0.241. The zero-order valence-electron chi connectivity index (χ0n) is 7.96. The SMILES string of the molecule is CC(O)CC(=O)[O-].C[NH+](C)C.Cl. The van der Waals surface area contributed by atoms with E-state index in [2.05, 4.69) is 21.1 Å². The second-order valence-electron chi connectivity index (χ2n) is 2.93. The van der Waals surface area contributed by atoms with Gasteiger partial charge in [0.15, 0.2) is 0 Å². The molecule has 0 rings (SSSR count). The van der Waals surface area contributed by atoms with Crippen molar-refractivity contribution in [2.24, 2.45) is 0 Å². The molecule has 0 aliphatic rings. The van der Waals surface area contributed by atoms with Gasteiger partial charge in [-0.05, 0) is 6.92 Å². The van der Waals surface area contributed by atoms with E-state index in [1.807, 2.05) is 0 Å². The summed E-state index contributed by atoms with van der Waals surface area (Å²) < 4.78 is 0. The lowest BCUT2D eigenvalue weighted by atomic mass is 10.3. The first-order valence-corrected chi connectivity index (χ1v) is 3.51. The first kappa shape index (κ1) is 17.7. The molecular formula is C7H18ClNO3. The third-order valence-electron chi connectivity index (χ3n) is 0.462. The molecule has 0 spiro atoms. The highest BCUT2D eigenvalue weighted by molar-refractivity contribution is 5.85. The lowest BCUT2D eigenvalue weighted by Crippen LogP contribution is -3.02. The maximum atomic E-state index is 9.54. The zero-order valence-corrected chi connectivity index (χ0v) is 8.77. The maximum Gasteiger partial charge on any atom is 0.0661 e. The number of quaternary nitrogens is 1. The van der Waals surface area contributed by atoms with Gasteiger partial charge in [0.05, 0.1) is 27.2 Å². The third-order valence-corrected chi connectivity index (χ3v) is 0.462. The molecule has 0 aromatic rings. The van der Waals surface area contributed by atoms with Crippen molar-refractivity contribution in [3.05, 3.63) is 0 Å². The number of hydrogen-bond donors (Lipinski definition) is 2. The second kappa shape index (κ2) is 10.7. The van der Waals surface area contributed by atoms with Crippen molar-refractivity contribution in [1.82, 2.24) is 0 Å². The Morgan fingerprint density at radius 2 is 1.75 bits per heavy atom. The Hall–Kier alpha value is -0.320. The standard InChI is InChI=1S/C4H8O3.C3H9N.ClH/c1-3(5)2-4(6)7;1-4(2)3;/h3,5H,2H2,1H3,(H,6,7);1-3H3;1H. The van der Waals surface area contributed by atoms with Gasteiger partial charge in [0.2, 0.25) is 0 Å². The topological polar surface area (TPSA) is 64.8 Å². The molecule has 76 valence electrons. The van der Waals surface area contributed by atoms with Gasteiger partial charge in [0.25, 0.3) is 0 Å². The quantitative estimate of drug-likeness (QED) is 0.526. The fraction of sp³-hybridized carbons (Fsp3) is 0.857. The molecular weight excluding hydrogens is 182 g/mol. The molecule has 1 unspecified atom stereocenters. The molecule has 4 nitrogen and oxygen atoms in total. The average Bonchev–Trinajstić information content (AvgIpc) is 1.56. The van der Waals surface area contributed by atoms with Crippen LogP contribution in [-0.4, -0.2) is 38.3 Å². The molecule has 0 aromatic carbocycles. The highest BCUT2D eigenvalue weighted by atomic mass is 35.5. The van der Waals surface area contributed by atoms with Crippen LogP contribution in [0.2, 0.25) is 0 Å². The lowest BCUT2D eigenvalue weighted by molar-refractivity contribution is -0.836. The highest BCUT2D eigenvalue weighted by Crippen LogP contribution is 1.83. The summed E-state index contributed by atoms with van der Waals surface area (Å²) in [4.78, 5) is 11.0. The number of hydrogen-bond acceptors (Lipinski definition) is 3. The number of carbonyl (C=O) groups is 1. The number of nitrogens with one attached hydrogen (secondary N) is 1. The van der Waals surface area contributed by atoms with E-state index in [0.717, 1.165) is 0 Å². The Labute approximate surface area is 79.6 Å². The van der Waals surface area contributed by atoms with E-state index < -0.39 is 12.1 Å². The highest BCUT2D eigenvalue weighted by Gasteiger charge is 1.91. The summed E-state index contributed by atoms with van der Waals surface area (Å²) in [6.07, 6.45) is -1.06. The summed E-state index contributed by atoms with van der Waals surface area (Å²) in [6, 6.07) is 0. The van der Waals surface area contributed by atoms with Crippen molar-refractivity contribution in [3.8, 4) is 0 Å². The molecule has 0 radical (unpaired) electrons. The van der Waals surface area contributed by atoms with Gasteiger partial charge in [0, 0.05) is 12.4 Å². The minimum atomic E-state index is -1.21. The maximum absolute atomic E-state index is 9.54. The van der Waals surface area contributed by atoms with Gasteiger partial charge in [-0.1, -0.05) is 0 Å². The average molecular weight is 200 g/mol. The molecule has 0 fully saturated rings. The number of aliphatic hydroxyl groups excluding tert-OH is 1. The van der Waals surface area contributed by atoms with E-state index in [0.29, 0.717) is 0 Å². The van der Waals surface area contributed by atoms with Crippen molar-refractivity contribution in [3.63, 3.8) is 0 Å². The van der Waals surface area contributed by atoms with Crippen LogP contribution in [0.3, 0.4) is 0 Å². The Morgan fingerprint density at radius 1 is 1.50 bits per heavy atom. The first-order valence-electron chi connectivity index (χ1n) is 3.51. The number of carbonyl (C=O) groups excluding carboxylic acids is 1. The number of carboxylic acid groups (broad SMARTS) is 1. The second-order valence-corrected chi connectivity index (χ2v) is 2.93. The predicted molar refractivity (Wildman–Crippen MR) is 47.3 cm³/mol. The molecule has 0 aliphatic carbocycles. The summed E-state index contributed by atoms with van der Waals surface area (Å²) in [5, 5.41) is 17.8. The number of aliphatic hydroxyl groups is 1. The Bertz CT molecular complexity index is 104. The molecule has 1 atom stereocenters. The van der Waals surface area contributed by atoms with Crippen LogP contribution in [-0.2, 0) is 4.79 Å². The summed E-state index contributed by atoms with van der Waals surface area (Å²) >= 11 is 0. The third kappa shape index (κ3) is 53.9. The number of halogens is 1. The predicted octanol–water partition coefficient (Wildman–Crippen LogP) is -2.31. The minimum absolute atomic E-state index is 0. The van der Waals surface area contributed by atoms with Crippen LogP contribution in [0.15, 0.2) is 0 Å². The molecule has 0 bridgehead atoms. The van der Waals surface area contributed by atoms with Gasteiger partial charge < -0.3 is 19.9 Å². The Kier molecular flexibility index (Phi) is 15.7. The van der Waals surface area contributed by atoms with Crippen LogP contribution in [0.1, 0.15) is 13.3 Å². The summed E-state index contributed by atoms with van der Waals surface area (Å²) in [5.74, 6) is -1.21. The van der Waals surface area contributed by atoms with Crippen LogP contribution >= 0.6 is 12.4 Å². The van der Waals surface area contributed by atoms with E-state index in [1.165, 1.54) is 11.8 Å². The van der Waals surface area contributed by atoms with Crippen LogP contribution in [0.5, 0.6) is 0 Å². The van der Waals surface area contributed by atoms with Crippen molar-refractivity contribution in [1.29, 1.82) is 0 Å². The van der Waals surface area contributed by atoms with Crippen LogP contribution in [0.4, 0.5) is 0 Å². The van der Waals surface area contributed by atoms with Crippen molar-refractivity contribution in [2.45, 2.75) is 19.4 Å². The molecule has 0 heterocycles. The van der Waals surface area contributed by atoms with Crippen LogP contribution < -0.4 is 10.0 Å². The molecule has 0 aliphatic heterocycles. The van der Waals surface area contributed by atoms with Crippen LogP contribution in [0, 0.1) is 0 Å². The first-order chi connectivity index (χ1) is 4.86. The largest absolute Gasteiger partial charge is 0.550 e. The number of rotatable bonds is 2. The van der Waals surface area contributed by atoms with Gasteiger partial charge in [-0.25, -0.2) is 0 Å². The van der Waals surface area contributed by atoms with Gasteiger partial charge in [0.1, 0.15) is 0 Å². The van der Waals surface area contributed by atoms with E-state index in [-0.39, 0.29) is 18.8 Å². The monoisotopic (exact) mass is 199 g/mol. The Morgan fingerprint density at radius 3 is 1.75 bits per heavy atom. The zero-order chi connectivity index (χ0) is 9.44. The van der Waals surface area contributed by atoms with Gasteiger partial charge in [-0.15, -0.1) is 12.4 Å². The smallest absolute Gasteiger partial charge is 0.0661 e. The van der Waals surface area contributed by atoms with Crippen LogP contribution in [0.25, 0.3) is 0 Å². The van der Waals surface area contributed by atoms with Crippen molar-refractivity contribution in [2.75, 3.05) is 21.1 Å².